The number of hydrazine groups is 1. The van der Waals surface area contributed by atoms with Crippen molar-refractivity contribution in [3.05, 3.63) is 76.4 Å². The van der Waals surface area contributed by atoms with Crippen molar-refractivity contribution in [2.24, 2.45) is 28.6 Å². The van der Waals surface area contributed by atoms with Gasteiger partial charge in [-0.25, -0.2) is 25.2 Å². The molecule has 7 bridgehead atoms. The number of esters is 1. The van der Waals surface area contributed by atoms with Crippen LogP contribution < -0.4 is 15.6 Å². The van der Waals surface area contributed by atoms with Gasteiger partial charge < -0.3 is 38.5 Å². The Morgan fingerprint density at radius 3 is 2.51 bits per heavy atom. The first-order valence-electron chi connectivity index (χ1n) is 30.5. The van der Waals surface area contributed by atoms with E-state index in [4.69, 9.17) is 33.7 Å². The highest BCUT2D eigenvalue weighted by atomic mass is 32.1. The van der Waals surface area contributed by atoms with Crippen LogP contribution in [0.2, 0.25) is 0 Å². The summed E-state index contributed by atoms with van der Waals surface area (Å²) in [5.74, 6) is -1.28. The van der Waals surface area contributed by atoms with Crippen LogP contribution >= 0.6 is 11.3 Å². The fourth-order valence-corrected chi connectivity index (χ4v) is 16.1. The molecule has 1 aromatic carbocycles. The molecule has 442 valence electrons. The Labute approximate surface area is 490 Å². The van der Waals surface area contributed by atoms with Gasteiger partial charge in [0.25, 0.3) is 5.91 Å². The molecule has 83 heavy (non-hydrogen) atoms. The molecular formula is C63H81N11O8S. The highest BCUT2D eigenvalue weighted by molar-refractivity contribution is 7.10. The summed E-state index contributed by atoms with van der Waals surface area (Å²) in [6.45, 7) is 21.6. The first-order chi connectivity index (χ1) is 40.0. The van der Waals surface area contributed by atoms with Crippen molar-refractivity contribution in [2.75, 3.05) is 90.9 Å². The minimum absolute atomic E-state index is 0.0108. The lowest BCUT2D eigenvalue weighted by atomic mass is 9.66. The lowest BCUT2D eigenvalue weighted by molar-refractivity contribution is -0.204. The monoisotopic (exact) mass is 1150 g/mol. The third-order valence-corrected chi connectivity index (χ3v) is 20.9. The number of rotatable bonds is 13. The number of carbonyl (C=O) groups is 3. The number of methoxy groups -OCH3 is 1. The number of nitrogens with zero attached hydrogens (tertiary/aromatic N) is 9. The zero-order valence-electron chi connectivity index (χ0n) is 49.2. The average molecular weight is 1150 g/mol. The van der Waals surface area contributed by atoms with Crippen LogP contribution in [0.3, 0.4) is 0 Å². The third kappa shape index (κ3) is 10.4. The second kappa shape index (κ2) is 21.2. The molecular weight excluding hydrogens is 1070 g/mol. The first-order valence-corrected chi connectivity index (χ1v) is 31.4. The van der Waals surface area contributed by atoms with Gasteiger partial charge in [0.2, 0.25) is 5.91 Å². The van der Waals surface area contributed by atoms with Gasteiger partial charge in [0.05, 0.1) is 79.2 Å². The summed E-state index contributed by atoms with van der Waals surface area (Å²) in [4.78, 5) is 72.3. The fraction of sp³-hybridized carbons (Fsp3) is 0.635. The van der Waals surface area contributed by atoms with Crippen LogP contribution in [0.25, 0.3) is 33.4 Å². The molecule has 9 fully saturated rings. The fourth-order valence-electron chi connectivity index (χ4n) is 15.1. The second-order valence-electron chi connectivity index (χ2n) is 27.3. The number of aromatic nitrogens is 5. The van der Waals surface area contributed by atoms with E-state index in [-0.39, 0.29) is 71.3 Å². The number of nitrogens with one attached hydrogen (secondary N) is 2. The number of amides is 2. The maximum atomic E-state index is 15.6. The molecule has 2 N–H and O–H groups in total. The van der Waals surface area contributed by atoms with E-state index in [1.54, 1.807) is 18.3 Å². The number of cyclic esters (lactones) is 1. The zero-order chi connectivity index (χ0) is 57.2. The lowest BCUT2D eigenvalue weighted by Crippen LogP contribution is -2.76. The van der Waals surface area contributed by atoms with Gasteiger partial charge in [0, 0.05) is 141 Å². The predicted molar refractivity (Wildman–Crippen MR) is 313 cm³/mol. The molecule has 3 aliphatic carbocycles. The summed E-state index contributed by atoms with van der Waals surface area (Å²) in [6, 6.07) is 9.95. The molecule has 6 saturated heterocycles. The number of piperazine rings is 1. The van der Waals surface area contributed by atoms with Gasteiger partial charge in [-0.3, -0.25) is 29.4 Å². The number of carbonyl (C=O) groups excluding carboxylic acids is 3. The smallest absolute Gasteiger partial charge is 0.328 e. The van der Waals surface area contributed by atoms with Crippen molar-refractivity contribution >= 4 is 45.7 Å². The molecule has 15 rings (SSSR count). The second-order valence-corrected chi connectivity index (χ2v) is 28.2. The number of thiazole rings is 1. The van der Waals surface area contributed by atoms with Crippen molar-refractivity contribution < 1.29 is 38.1 Å². The van der Waals surface area contributed by atoms with E-state index in [0.717, 1.165) is 106 Å². The molecule has 0 radical (unpaired) electrons. The molecule has 20 heteroatoms. The summed E-state index contributed by atoms with van der Waals surface area (Å²) < 4.78 is 33.9. The van der Waals surface area contributed by atoms with Crippen molar-refractivity contribution in [3.8, 4) is 22.5 Å². The van der Waals surface area contributed by atoms with E-state index >= 15 is 4.79 Å². The molecule has 5 aromatic rings. The van der Waals surface area contributed by atoms with Gasteiger partial charge in [-0.2, -0.15) is 0 Å². The van der Waals surface area contributed by atoms with Crippen LogP contribution in [0.15, 0.2) is 54.4 Å². The van der Waals surface area contributed by atoms with Crippen molar-refractivity contribution in [2.45, 2.75) is 140 Å². The third-order valence-electron chi connectivity index (χ3n) is 20.0. The standard InChI is InChI=1S/C63H81N11O8S/c1-37-50(47-12-14-64-36-66-47)51(37)56(75)68-53-55(72-31-62(32-72)34-79-35-62)57-67-48(30-83-57)40-8-11-49-44(22-40)46(27-60(3,4)33-81-59(77)63-24-39(25-63)29-74(69-63)58(53)76)54(73(49)19-21-80-43-13-20-82-61(5,6)26-43)45-23-42(28-65-52(45)38(2)78-7)71-17-15-70(16-18-71)41-9-10-41/h8,11-12,14,22-23,28,30,36-39,41,43,50-51,53,55,69H,9-10,13,15-21,24-27,29,31-35H2,1-7H3,(H,68,75)/t37-,38-,39?,43-,50-,51+,53-,55-,63?/m0/s1. The van der Waals surface area contributed by atoms with E-state index in [1.807, 2.05) is 12.3 Å². The first kappa shape index (κ1) is 55.4. The Kier molecular flexibility index (Phi) is 14.2. The van der Waals surface area contributed by atoms with Crippen molar-refractivity contribution in [1.82, 2.24) is 50.1 Å². The minimum atomic E-state index is -1.09. The summed E-state index contributed by atoms with van der Waals surface area (Å²) in [7, 11) is 1.75. The Balaban J connectivity index is 0.903. The minimum Gasteiger partial charge on any atom is -0.464 e. The normalized spacial score (nSPS) is 30.7. The number of ether oxygens (including phenoxy) is 5. The lowest BCUT2D eigenvalue weighted by Gasteiger charge is -2.58. The summed E-state index contributed by atoms with van der Waals surface area (Å²) in [5.41, 5.74) is 10.2. The topological polar surface area (TPSA) is 191 Å². The van der Waals surface area contributed by atoms with Gasteiger partial charge in [-0.05, 0) is 101 Å². The quantitative estimate of drug-likeness (QED) is 0.113. The molecule has 11 heterocycles. The van der Waals surface area contributed by atoms with Crippen LogP contribution in [-0.4, -0.2) is 172 Å². The van der Waals surface area contributed by atoms with Crippen molar-refractivity contribution in [3.63, 3.8) is 0 Å². The Morgan fingerprint density at radius 1 is 0.976 bits per heavy atom. The summed E-state index contributed by atoms with van der Waals surface area (Å²) >= 11 is 1.52. The molecule has 19 nitrogen and oxygen atoms in total. The van der Waals surface area contributed by atoms with Crippen LogP contribution in [0, 0.1) is 28.6 Å². The number of hydrogen-bond donors (Lipinski definition) is 2. The molecule has 2 amide bonds. The number of likely N-dealkylation sites (tertiary alicyclic amines) is 1. The van der Waals surface area contributed by atoms with Gasteiger partial charge >= 0.3 is 5.97 Å². The maximum absolute atomic E-state index is 15.6. The number of benzene rings is 1. The number of anilines is 1. The van der Waals surface area contributed by atoms with E-state index in [1.165, 1.54) is 30.5 Å². The van der Waals surface area contributed by atoms with E-state index < -0.39 is 23.0 Å². The van der Waals surface area contributed by atoms with Crippen LogP contribution in [0.5, 0.6) is 0 Å². The molecule has 4 aromatic heterocycles. The SMILES string of the molecule is CO[C@@H](C)c1ncc(N2CCN(C3CC3)CC2)cc1-c1c2c3cc(ccc3n1CCO[C@H]1CCOC(C)(C)C1)-c1csc(n1)[C@@H](N1CC3(COC3)C1)[C@H](NC(=O)[C@@H]1[C@@H](C)[C@H]1c1ccncn1)C(=O)N1CC3CC(C3)(N1)C(=O)OCC(C)(C)C2. The molecule has 7 atom stereocenters. The number of hydrogen-bond acceptors (Lipinski definition) is 17. The highest BCUT2D eigenvalue weighted by Crippen LogP contribution is 2.54. The molecule has 2 spiro atoms. The van der Waals surface area contributed by atoms with Crippen LogP contribution in [0.4, 0.5) is 5.69 Å². The molecule has 7 aliphatic heterocycles. The molecule has 3 saturated carbocycles. The summed E-state index contributed by atoms with van der Waals surface area (Å²) in [6.07, 6.45) is 10.9. The van der Waals surface area contributed by atoms with E-state index in [2.05, 4.69) is 111 Å². The van der Waals surface area contributed by atoms with Crippen LogP contribution in [-0.2, 0) is 51.0 Å². The molecule has 0 unspecified atom stereocenters. The Hall–Kier alpha value is -5.45. The van der Waals surface area contributed by atoms with Gasteiger partial charge in [-0.1, -0.05) is 26.8 Å². The predicted octanol–water partition coefficient (Wildman–Crippen LogP) is 7.11. The molecule has 10 aliphatic rings. The Morgan fingerprint density at radius 2 is 1.78 bits per heavy atom. The van der Waals surface area contributed by atoms with Gasteiger partial charge in [-0.15, -0.1) is 11.3 Å². The largest absolute Gasteiger partial charge is 0.464 e. The highest BCUT2D eigenvalue weighted by Gasteiger charge is 2.61. The zero-order valence-corrected chi connectivity index (χ0v) is 50.1. The van der Waals surface area contributed by atoms with E-state index in [0.29, 0.717) is 71.9 Å². The van der Waals surface area contributed by atoms with Crippen molar-refractivity contribution in [1.29, 1.82) is 0 Å². The number of fused-ring (bicyclic) bond motifs is 4. The average Bonchev–Trinajstić information content (AvgIpc) is 3.64. The maximum Gasteiger partial charge on any atom is 0.328 e. The van der Waals surface area contributed by atoms with Crippen LogP contribution in [0.1, 0.15) is 120 Å². The van der Waals surface area contributed by atoms with Gasteiger partial charge in [0.15, 0.2) is 0 Å². The van der Waals surface area contributed by atoms with Gasteiger partial charge in [0.1, 0.15) is 22.9 Å². The summed E-state index contributed by atoms with van der Waals surface area (Å²) in [5, 5.41) is 8.86. The number of pyridine rings is 1. The van der Waals surface area contributed by atoms with E-state index in [9.17, 15) is 9.59 Å². The Bertz CT molecular complexity index is 3280.